The van der Waals surface area contributed by atoms with E-state index in [-0.39, 0.29) is 0 Å². The summed E-state index contributed by atoms with van der Waals surface area (Å²) in [5, 5.41) is 20.2. The van der Waals surface area contributed by atoms with Gasteiger partial charge in [-0.05, 0) is 69.5 Å². The van der Waals surface area contributed by atoms with Crippen LogP contribution in [0.5, 0.6) is 0 Å². The quantitative estimate of drug-likeness (QED) is 0.728. The van der Waals surface area contributed by atoms with Crippen LogP contribution in [0.2, 0.25) is 0 Å². The molecular formula is C14H17Br2NOS. The molecule has 1 unspecified atom stereocenters. The zero-order valence-electron chi connectivity index (χ0n) is 10.8. The molecule has 0 aromatic carbocycles. The van der Waals surface area contributed by atoms with Crippen molar-refractivity contribution in [2.75, 3.05) is 0 Å². The molecule has 1 aliphatic carbocycles. The van der Waals surface area contributed by atoms with Crippen LogP contribution < -0.4 is 0 Å². The van der Waals surface area contributed by atoms with Crippen molar-refractivity contribution in [3.63, 3.8) is 0 Å². The lowest BCUT2D eigenvalue weighted by Gasteiger charge is -2.37. The van der Waals surface area contributed by atoms with Crippen molar-refractivity contribution >= 4 is 43.2 Å². The molecule has 0 amide bonds. The van der Waals surface area contributed by atoms with Gasteiger partial charge in [0.1, 0.15) is 6.10 Å². The number of aliphatic hydroxyl groups excluding tert-OH is 1. The van der Waals surface area contributed by atoms with Gasteiger partial charge in [0.05, 0.1) is 15.3 Å². The Bertz CT molecular complexity index is 467. The molecule has 5 heteroatoms. The van der Waals surface area contributed by atoms with Crippen molar-refractivity contribution in [3.05, 3.63) is 19.2 Å². The third-order valence-electron chi connectivity index (χ3n) is 4.25. The molecule has 0 aliphatic heterocycles. The van der Waals surface area contributed by atoms with E-state index in [1.165, 1.54) is 17.8 Å². The Morgan fingerprint density at radius 3 is 2.58 bits per heavy atom. The van der Waals surface area contributed by atoms with Gasteiger partial charge in [-0.3, -0.25) is 0 Å². The van der Waals surface area contributed by atoms with Crippen molar-refractivity contribution in [1.82, 2.24) is 0 Å². The van der Waals surface area contributed by atoms with Crippen molar-refractivity contribution in [2.24, 2.45) is 11.3 Å². The average Bonchev–Trinajstić information content (AvgIpc) is 2.78. The second kappa shape index (κ2) is 6.26. The van der Waals surface area contributed by atoms with E-state index in [2.05, 4.69) is 44.9 Å². The van der Waals surface area contributed by atoms with Crippen LogP contribution in [-0.2, 0) is 0 Å². The fourth-order valence-corrected chi connectivity index (χ4v) is 5.01. The zero-order valence-corrected chi connectivity index (χ0v) is 14.8. The van der Waals surface area contributed by atoms with E-state index < -0.39 is 11.5 Å². The second-order valence-electron chi connectivity index (χ2n) is 5.29. The summed E-state index contributed by atoms with van der Waals surface area (Å²) in [6.07, 6.45) is 4.20. The van der Waals surface area contributed by atoms with E-state index in [9.17, 15) is 10.4 Å². The highest BCUT2D eigenvalue weighted by Gasteiger charge is 2.42. The van der Waals surface area contributed by atoms with E-state index in [0.29, 0.717) is 0 Å². The maximum absolute atomic E-state index is 10.6. The minimum atomic E-state index is -0.678. The number of rotatable bonds is 3. The predicted molar refractivity (Wildman–Crippen MR) is 85.0 cm³/mol. The third kappa shape index (κ3) is 3.07. The summed E-state index contributed by atoms with van der Waals surface area (Å²) in [5.74, 6) is 0.718. The molecule has 1 aromatic heterocycles. The van der Waals surface area contributed by atoms with Crippen LogP contribution in [0.25, 0.3) is 0 Å². The molecule has 1 saturated carbocycles. The summed E-state index contributed by atoms with van der Waals surface area (Å²) in [7, 11) is 0. The molecule has 19 heavy (non-hydrogen) atoms. The molecule has 2 nitrogen and oxygen atoms in total. The lowest BCUT2D eigenvalue weighted by molar-refractivity contribution is 0.0267. The van der Waals surface area contributed by atoms with Gasteiger partial charge in [-0.25, -0.2) is 0 Å². The van der Waals surface area contributed by atoms with Gasteiger partial charge in [0, 0.05) is 9.35 Å². The summed E-state index contributed by atoms with van der Waals surface area (Å²) < 4.78 is 1.92. The van der Waals surface area contributed by atoms with E-state index in [0.717, 1.165) is 44.7 Å². The van der Waals surface area contributed by atoms with Gasteiger partial charge in [-0.15, -0.1) is 11.3 Å². The highest BCUT2D eigenvalue weighted by molar-refractivity contribution is 9.13. The number of hydrogen-bond acceptors (Lipinski definition) is 3. The molecule has 0 saturated heterocycles. The number of nitriles is 1. The molecule has 1 atom stereocenters. The van der Waals surface area contributed by atoms with Gasteiger partial charge >= 0.3 is 0 Å². The first kappa shape index (κ1) is 15.5. The van der Waals surface area contributed by atoms with Crippen LogP contribution in [0.1, 0.15) is 50.0 Å². The van der Waals surface area contributed by atoms with Crippen LogP contribution in [-0.4, -0.2) is 5.11 Å². The summed E-state index contributed by atoms with van der Waals surface area (Å²) in [5.41, 5.74) is -0.602. The van der Waals surface area contributed by atoms with Gasteiger partial charge in [0.2, 0.25) is 0 Å². The summed E-state index contributed by atoms with van der Waals surface area (Å²) in [4.78, 5) is 0.871. The molecule has 1 fully saturated rings. The van der Waals surface area contributed by atoms with Crippen LogP contribution in [0, 0.1) is 22.7 Å². The topological polar surface area (TPSA) is 44.0 Å². The molecule has 1 aromatic rings. The van der Waals surface area contributed by atoms with Gasteiger partial charge in [-0.2, -0.15) is 5.26 Å². The molecular weight excluding hydrogens is 390 g/mol. The van der Waals surface area contributed by atoms with Gasteiger partial charge in [0.15, 0.2) is 0 Å². The maximum atomic E-state index is 10.6. The van der Waals surface area contributed by atoms with Crippen molar-refractivity contribution in [3.8, 4) is 6.07 Å². The Balaban J connectivity index is 2.20. The summed E-state index contributed by atoms with van der Waals surface area (Å²) in [6, 6.07) is 4.34. The van der Waals surface area contributed by atoms with Crippen LogP contribution in [0.3, 0.4) is 0 Å². The minimum absolute atomic E-state index is 0.602. The molecule has 2 rings (SSSR count). The Labute approximate surface area is 135 Å². The fourth-order valence-electron chi connectivity index (χ4n) is 2.82. The summed E-state index contributed by atoms with van der Waals surface area (Å²) in [6.45, 7) is 2.20. The van der Waals surface area contributed by atoms with E-state index in [4.69, 9.17) is 0 Å². The van der Waals surface area contributed by atoms with Gasteiger partial charge < -0.3 is 5.11 Å². The lowest BCUT2D eigenvalue weighted by Crippen LogP contribution is -2.32. The zero-order chi connectivity index (χ0) is 14.0. The first-order valence-electron chi connectivity index (χ1n) is 6.56. The first-order valence-corrected chi connectivity index (χ1v) is 8.96. The van der Waals surface area contributed by atoms with Crippen molar-refractivity contribution in [1.29, 1.82) is 5.26 Å². The molecule has 1 aliphatic rings. The molecule has 0 radical (unpaired) electrons. The Hall–Kier alpha value is 0.110. The minimum Gasteiger partial charge on any atom is -0.386 e. The van der Waals surface area contributed by atoms with Crippen molar-refractivity contribution in [2.45, 2.75) is 45.1 Å². The molecule has 1 heterocycles. The third-order valence-corrected chi connectivity index (χ3v) is 7.56. The average molecular weight is 407 g/mol. The van der Waals surface area contributed by atoms with Crippen LogP contribution in [0.15, 0.2) is 14.3 Å². The van der Waals surface area contributed by atoms with Crippen LogP contribution in [0.4, 0.5) is 0 Å². The molecule has 1 N–H and O–H groups in total. The monoisotopic (exact) mass is 405 g/mol. The maximum Gasteiger partial charge on any atom is 0.107 e. The summed E-state index contributed by atoms with van der Waals surface area (Å²) >= 11 is 8.39. The smallest absolute Gasteiger partial charge is 0.107 e. The van der Waals surface area contributed by atoms with Crippen LogP contribution >= 0.6 is 43.2 Å². The highest BCUT2D eigenvalue weighted by Crippen LogP contribution is 2.50. The SMILES string of the molecule is CCC1CCC(C#N)(C(O)c2cc(Br)c(Br)s2)CC1. The number of aliphatic hydroxyl groups is 1. The number of halogens is 2. The molecule has 0 spiro atoms. The lowest BCUT2D eigenvalue weighted by atomic mass is 9.67. The Morgan fingerprint density at radius 2 is 2.16 bits per heavy atom. The molecule has 0 bridgehead atoms. The van der Waals surface area contributed by atoms with E-state index in [1.807, 2.05) is 6.07 Å². The van der Waals surface area contributed by atoms with Gasteiger partial charge in [0.25, 0.3) is 0 Å². The highest BCUT2D eigenvalue weighted by atomic mass is 79.9. The normalized spacial score (nSPS) is 28.9. The first-order chi connectivity index (χ1) is 9.02. The van der Waals surface area contributed by atoms with E-state index in [1.54, 1.807) is 0 Å². The largest absolute Gasteiger partial charge is 0.386 e. The Kier molecular flexibility index (Phi) is 5.10. The number of nitrogens with zero attached hydrogens (tertiary/aromatic N) is 1. The second-order valence-corrected chi connectivity index (χ2v) is 8.55. The predicted octanol–water partition coefficient (Wildman–Crippen LogP) is 5.42. The number of hydrogen-bond donors (Lipinski definition) is 1. The van der Waals surface area contributed by atoms with Gasteiger partial charge in [-0.1, -0.05) is 13.3 Å². The van der Waals surface area contributed by atoms with Crippen molar-refractivity contribution < 1.29 is 5.11 Å². The fraction of sp³-hybridized carbons (Fsp3) is 0.643. The van der Waals surface area contributed by atoms with E-state index >= 15 is 0 Å². The molecule has 104 valence electrons. The number of thiophene rings is 1. The Morgan fingerprint density at radius 1 is 1.53 bits per heavy atom. The standard InChI is InChI=1S/C14H17Br2NOS/c1-2-9-3-5-14(8-17,6-4-9)12(18)11-7-10(15)13(16)19-11/h7,9,12,18H,2-6H2,1H3.